The number of nitrogens with one attached hydrogen (secondary N) is 1. The third-order valence-corrected chi connectivity index (χ3v) is 12.2. The van der Waals surface area contributed by atoms with E-state index in [1.54, 1.807) is 18.2 Å². The number of carbonyl (C=O) groups excluding carboxylic acids is 4. The summed E-state index contributed by atoms with van der Waals surface area (Å²) in [5.74, 6) is -0.215. The Balaban J connectivity index is 0.000000811. The lowest BCUT2D eigenvalue weighted by molar-refractivity contribution is -0.136. The molecule has 3 N–H and O–H groups in total. The minimum Gasteiger partial charge on any atom is -0.492 e. The van der Waals surface area contributed by atoms with Gasteiger partial charge in [0.15, 0.2) is 0 Å². The predicted octanol–water partition coefficient (Wildman–Crippen LogP) is 3.45. The number of amides is 4. The molecule has 7 heterocycles. The van der Waals surface area contributed by atoms with E-state index in [2.05, 4.69) is 67.0 Å². The molecule has 5 aliphatic rings. The smallest absolute Gasteiger partial charge is 0.290 e. The lowest BCUT2D eigenvalue weighted by Crippen LogP contribution is -2.72. The van der Waals surface area contributed by atoms with Gasteiger partial charge >= 0.3 is 0 Å². The molecule has 1 aliphatic carbocycles. The number of pyridine rings is 2. The maximum atomic E-state index is 13.1. The van der Waals surface area contributed by atoms with Crippen LogP contribution in [0.5, 0.6) is 11.6 Å². The molecular formula is C44H45N7O10. The molecule has 316 valence electrons. The molecule has 3 aromatic heterocycles. The average Bonchev–Trinajstić information content (AvgIpc) is 3.63. The maximum absolute atomic E-state index is 13.1. The van der Waals surface area contributed by atoms with E-state index < -0.39 is 29.7 Å². The van der Waals surface area contributed by atoms with E-state index in [0.29, 0.717) is 29.6 Å². The first-order chi connectivity index (χ1) is 29.5. The Bertz CT molecular complexity index is 2500. The van der Waals surface area contributed by atoms with Crippen molar-refractivity contribution in [1.29, 1.82) is 0 Å². The highest BCUT2D eigenvalue weighted by atomic mass is 16.5. The fourth-order valence-electron chi connectivity index (χ4n) is 9.43. The Kier molecular flexibility index (Phi) is 11.5. The molecule has 3 saturated heterocycles. The molecule has 0 bridgehead atoms. The quantitative estimate of drug-likeness (QED) is 0.136. The highest BCUT2D eigenvalue weighted by Gasteiger charge is 2.52. The van der Waals surface area contributed by atoms with E-state index >= 15 is 0 Å². The highest BCUT2D eigenvalue weighted by Crippen LogP contribution is 2.42. The average molecular weight is 832 g/mol. The molecule has 1 unspecified atom stereocenters. The molecule has 1 saturated carbocycles. The van der Waals surface area contributed by atoms with Gasteiger partial charge in [0.05, 0.1) is 16.6 Å². The molecule has 61 heavy (non-hydrogen) atoms. The third kappa shape index (κ3) is 8.13. The first-order valence-electron chi connectivity index (χ1n) is 20.1. The second-order valence-corrected chi connectivity index (χ2v) is 16.2. The largest absolute Gasteiger partial charge is 0.492 e. The molecule has 17 heteroatoms. The van der Waals surface area contributed by atoms with Crippen molar-refractivity contribution < 1.29 is 48.5 Å². The molecule has 1 atom stereocenters. The number of carbonyl (C=O) groups is 6. The summed E-state index contributed by atoms with van der Waals surface area (Å²) in [6.07, 6.45) is 8.21. The number of hydrogen-bond acceptors (Lipinski definition) is 12. The van der Waals surface area contributed by atoms with Gasteiger partial charge in [-0.3, -0.25) is 48.9 Å². The Hall–Kier alpha value is -6.72. The molecule has 4 fully saturated rings. The van der Waals surface area contributed by atoms with Crippen molar-refractivity contribution in [2.45, 2.75) is 37.8 Å². The predicted molar refractivity (Wildman–Crippen MR) is 220 cm³/mol. The van der Waals surface area contributed by atoms with Crippen LogP contribution < -0.4 is 14.8 Å². The number of nitrogens with zero attached hydrogens (tertiary/aromatic N) is 6. The van der Waals surface area contributed by atoms with Crippen LogP contribution in [0.2, 0.25) is 0 Å². The van der Waals surface area contributed by atoms with Gasteiger partial charge in [-0.1, -0.05) is 12.1 Å². The van der Waals surface area contributed by atoms with Crippen LogP contribution in [0.1, 0.15) is 46.4 Å². The van der Waals surface area contributed by atoms with Crippen LogP contribution in [-0.4, -0.2) is 134 Å². The van der Waals surface area contributed by atoms with Gasteiger partial charge in [0.25, 0.3) is 24.8 Å². The number of aromatic nitrogens is 3. The van der Waals surface area contributed by atoms with E-state index in [9.17, 15) is 19.2 Å². The first-order valence-corrected chi connectivity index (χ1v) is 20.1. The monoisotopic (exact) mass is 831 g/mol. The van der Waals surface area contributed by atoms with E-state index in [-0.39, 0.29) is 43.0 Å². The number of carboxylic acid groups (broad SMARTS) is 2. The molecule has 10 rings (SSSR count). The van der Waals surface area contributed by atoms with E-state index in [4.69, 9.17) is 29.3 Å². The number of hydrogen-bond donors (Lipinski definition) is 3. The lowest BCUT2D eigenvalue weighted by Gasteiger charge is -2.61. The molecule has 5 aromatic rings. The summed E-state index contributed by atoms with van der Waals surface area (Å²) in [5, 5.41) is 18.4. The topological polar surface area (TPSA) is 214 Å². The summed E-state index contributed by atoms with van der Waals surface area (Å²) in [7, 11) is 2.09. The molecule has 2 aromatic carbocycles. The Morgan fingerprint density at radius 2 is 1.56 bits per heavy atom. The van der Waals surface area contributed by atoms with Crippen LogP contribution in [0.3, 0.4) is 0 Å². The standard InChI is InChI=1S/C42H41N7O6.2CH2O2/c1-46-34-10-11-43-19-33(34)30-5-2-26(16-36(30)46)27-3-9-38(44-18-27)55-29-14-25(15-29)20-48-23-42(24-48)21-47(22-42)12-13-54-28-4-6-31-32(17-28)41(53)49(40(31)52)35-7-8-37(50)45-39(35)51;2*2-1-3/h2-6,9-11,16-19,25,29,35H,7-8,12-15,20-24H2,1H3,(H,45,50,51);2*1H,(H,2,3). The zero-order valence-electron chi connectivity index (χ0n) is 33.4. The number of aryl methyl sites for hydroxylation is 1. The van der Waals surface area contributed by atoms with Crippen molar-refractivity contribution in [1.82, 2.24) is 34.6 Å². The second kappa shape index (κ2) is 17.1. The number of ether oxygens (including phenoxy) is 2. The fourth-order valence-corrected chi connectivity index (χ4v) is 9.43. The minimum absolute atomic E-state index is 0.0882. The SMILES string of the molecule is Cn1c2ccncc2c2ccc(-c3ccc(OC4CC(CN5CC6(CN(CCOc7ccc8c(c7)C(=O)N(C7CCC(=O)NC7=O)C8=O)C6)C5)C4)nc3)cc21.O=CO.O=CO. The summed E-state index contributed by atoms with van der Waals surface area (Å²) in [6, 6.07) is 16.5. The van der Waals surface area contributed by atoms with E-state index in [1.807, 2.05) is 24.7 Å². The van der Waals surface area contributed by atoms with Gasteiger partial charge in [-0.05, 0) is 67.1 Å². The van der Waals surface area contributed by atoms with Crippen molar-refractivity contribution in [3.8, 4) is 22.8 Å². The summed E-state index contributed by atoms with van der Waals surface area (Å²) >= 11 is 0. The molecule has 4 amide bonds. The summed E-state index contributed by atoms with van der Waals surface area (Å²) in [4.78, 5) is 81.6. The third-order valence-electron chi connectivity index (χ3n) is 12.2. The zero-order valence-corrected chi connectivity index (χ0v) is 33.4. The summed E-state index contributed by atoms with van der Waals surface area (Å²) in [6.45, 7) is 6.22. The molecule has 0 radical (unpaired) electrons. The zero-order chi connectivity index (χ0) is 42.8. The second-order valence-electron chi connectivity index (χ2n) is 16.2. The van der Waals surface area contributed by atoms with Gasteiger partial charge in [0.1, 0.15) is 24.5 Å². The number of likely N-dealkylation sites (tertiary alicyclic amines) is 2. The van der Waals surface area contributed by atoms with Gasteiger partial charge in [0, 0.05) is 105 Å². The van der Waals surface area contributed by atoms with E-state index in [0.717, 1.165) is 73.5 Å². The normalized spacial score (nSPS) is 21.5. The van der Waals surface area contributed by atoms with Crippen LogP contribution in [0.15, 0.2) is 73.2 Å². The van der Waals surface area contributed by atoms with Crippen molar-refractivity contribution in [3.63, 3.8) is 0 Å². The summed E-state index contributed by atoms with van der Waals surface area (Å²) in [5.41, 5.74) is 5.39. The minimum atomic E-state index is -0.981. The number of piperidine rings is 1. The van der Waals surface area contributed by atoms with Crippen molar-refractivity contribution in [2.75, 3.05) is 45.9 Å². The molecular weight excluding hydrogens is 787 g/mol. The van der Waals surface area contributed by atoms with Gasteiger partial charge in [-0.15, -0.1) is 0 Å². The summed E-state index contributed by atoms with van der Waals surface area (Å²) < 4.78 is 14.4. The maximum Gasteiger partial charge on any atom is 0.290 e. The van der Waals surface area contributed by atoms with Gasteiger partial charge in [0.2, 0.25) is 17.7 Å². The molecule has 1 spiro atoms. The highest BCUT2D eigenvalue weighted by molar-refractivity contribution is 6.23. The Morgan fingerprint density at radius 3 is 2.28 bits per heavy atom. The molecule has 17 nitrogen and oxygen atoms in total. The lowest BCUT2D eigenvalue weighted by atomic mass is 9.71. The van der Waals surface area contributed by atoms with Gasteiger partial charge in [-0.2, -0.15) is 0 Å². The van der Waals surface area contributed by atoms with Gasteiger partial charge in [-0.25, -0.2) is 4.98 Å². The van der Waals surface area contributed by atoms with Crippen LogP contribution in [0.25, 0.3) is 32.9 Å². The number of fused-ring (bicyclic) bond motifs is 4. The number of benzene rings is 2. The van der Waals surface area contributed by atoms with Crippen molar-refractivity contribution in [3.05, 3.63) is 84.3 Å². The van der Waals surface area contributed by atoms with Crippen LogP contribution in [-0.2, 0) is 26.2 Å². The van der Waals surface area contributed by atoms with Crippen LogP contribution in [0, 0.1) is 11.3 Å². The Morgan fingerprint density at radius 1 is 0.836 bits per heavy atom. The van der Waals surface area contributed by atoms with Crippen LogP contribution >= 0.6 is 0 Å². The Labute approximate surface area is 349 Å². The van der Waals surface area contributed by atoms with E-state index in [1.165, 1.54) is 16.4 Å². The number of rotatable bonds is 10. The molecule has 4 aliphatic heterocycles. The van der Waals surface area contributed by atoms with Crippen molar-refractivity contribution in [2.24, 2.45) is 18.4 Å². The van der Waals surface area contributed by atoms with Crippen molar-refractivity contribution >= 4 is 58.4 Å². The first kappa shape index (κ1) is 41.0. The van der Waals surface area contributed by atoms with Gasteiger partial charge < -0.3 is 29.2 Å². The number of imide groups is 2. The van der Waals surface area contributed by atoms with Crippen LogP contribution in [0.4, 0.5) is 0 Å². The fraction of sp³-hybridized carbons (Fsp3) is 0.364.